The fraction of sp³-hybridized carbons (Fsp3) is 0.500. The zero-order chi connectivity index (χ0) is 19.9. The van der Waals surface area contributed by atoms with Crippen LogP contribution in [0.2, 0.25) is 5.02 Å². The number of hydrogen-bond donors (Lipinski definition) is 1. The van der Waals surface area contributed by atoms with Gasteiger partial charge >= 0.3 is 5.97 Å². The van der Waals surface area contributed by atoms with Crippen LogP contribution < -0.4 is 5.32 Å². The highest BCUT2D eigenvalue weighted by molar-refractivity contribution is 6.30. The van der Waals surface area contributed by atoms with Gasteiger partial charge in [-0.1, -0.05) is 67.9 Å². The molecule has 1 unspecified atom stereocenters. The Morgan fingerprint density at radius 2 is 2.04 bits per heavy atom. The van der Waals surface area contributed by atoms with Gasteiger partial charge in [0.15, 0.2) is 0 Å². The lowest BCUT2D eigenvalue weighted by atomic mass is 9.96. The quantitative estimate of drug-likeness (QED) is 0.489. The first-order valence-electron chi connectivity index (χ1n) is 9.80. The van der Waals surface area contributed by atoms with Crippen LogP contribution in [0.25, 0.3) is 0 Å². The van der Waals surface area contributed by atoms with Gasteiger partial charge in [-0.2, -0.15) is 4.68 Å². The molecule has 1 aliphatic heterocycles. The first-order chi connectivity index (χ1) is 13.6. The molecular formula is C20H26ClN5O2. The maximum atomic E-state index is 12.9. The van der Waals surface area contributed by atoms with Gasteiger partial charge in [-0.05, 0) is 41.5 Å². The molecule has 2 aromatic rings. The Morgan fingerprint density at radius 3 is 2.82 bits per heavy atom. The van der Waals surface area contributed by atoms with Crippen molar-refractivity contribution in [3.63, 3.8) is 0 Å². The number of carbonyl (C=O) groups excluding carboxylic acids is 1. The van der Waals surface area contributed by atoms with Crippen LogP contribution in [-0.2, 0) is 9.53 Å². The molecule has 0 bridgehead atoms. The molecule has 2 heterocycles. The normalized spacial score (nSPS) is 15.9. The second-order valence-electron chi connectivity index (χ2n) is 6.97. The molecule has 3 rings (SSSR count). The van der Waals surface area contributed by atoms with Gasteiger partial charge in [-0.3, -0.25) is 0 Å². The van der Waals surface area contributed by atoms with Gasteiger partial charge in [0.2, 0.25) is 5.95 Å². The molecule has 1 aromatic carbocycles. The summed E-state index contributed by atoms with van der Waals surface area (Å²) in [7, 11) is 0. The molecule has 1 atom stereocenters. The number of esters is 1. The number of rotatable bonds is 9. The summed E-state index contributed by atoms with van der Waals surface area (Å²) >= 11 is 6.17. The van der Waals surface area contributed by atoms with E-state index in [4.69, 9.17) is 16.3 Å². The van der Waals surface area contributed by atoms with E-state index in [1.165, 1.54) is 25.7 Å². The molecule has 28 heavy (non-hydrogen) atoms. The number of ether oxygens (including phenoxy) is 1. The van der Waals surface area contributed by atoms with E-state index in [1.807, 2.05) is 25.1 Å². The number of carbonyl (C=O) groups is 1. The van der Waals surface area contributed by atoms with Crippen molar-refractivity contribution in [2.45, 2.75) is 58.4 Å². The Hall–Kier alpha value is -2.41. The third-order valence-corrected chi connectivity index (χ3v) is 5.06. The Morgan fingerprint density at radius 1 is 1.25 bits per heavy atom. The molecule has 8 heteroatoms. The van der Waals surface area contributed by atoms with Crippen molar-refractivity contribution in [3.8, 4) is 0 Å². The summed E-state index contributed by atoms with van der Waals surface area (Å²) in [5.74, 6) is 0.125. The number of halogens is 1. The lowest BCUT2D eigenvalue weighted by Crippen LogP contribution is -2.29. The van der Waals surface area contributed by atoms with Gasteiger partial charge in [0.25, 0.3) is 0 Å². The van der Waals surface area contributed by atoms with E-state index in [0.717, 1.165) is 18.4 Å². The van der Waals surface area contributed by atoms with E-state index in [-0.39, 0.29) is 5.97 Å². The number of benzene rings is 1. The maximum Gasteiger partial charge on any atom is 0.338 e. The zero-order valence-corrected chi connectivity index (χ0v) is 17.1. The summed E-state index contributed by atoms with van der Waals surface area (Å²) in [4.78, 5) is 12.9. The summed E-state index contributed by atoms with van der Waals surface area (Å²) in [6.07, 6.45) is 6.82. The average molecular weight is 404 g/mol. The van der Waals surface area contributed by atoms with Crippen LogP contribution in [0.3, 0.4) is 0 Å². The Bertz CT molecular complexity index is 849. The van der Waals surface area contributed by atoms with E-state index in [2.05, 4.69) is 27.8 Å². The van der Waals surface area contributed by atoms with Gasteiger partial charge in [0.05, 0.1) is 12.2 Å². The fourth-order valence-corrected chi connectivity index (χ4v) is 3.59. The second-order valence-corrected chi connectivity index (χ2v) is 7.41. The number of tetrazole rings is 1. The SMILES string of the molecule is CCCCCCCCOC(=O)C1=C(C)Nc2nnnn2C1c1cccc(Cl)c1. The molecule has 1 N–H and O–H groups in total. The third kappa shape index (κ3) is 4.70. The van der Waals surface area contributed by atoms with E-state index < -0.39 is 6.04 Å². The van der Waals surface area contributed by atoms with Crippen molar-refractivity contribution in [1.82, 2.24) is 20.2 Å². The Balaban J connectivity index is 1.73. The van der Waals surface area contributed by atoms with Gasteiger partial charge in [0, 0.05) is 10.7 Å². The minimum Gasteiger partial charge on any atom is -0.462 e. The first kappa shape index (κ1) is 20.3. The highest BCUT2D eigenvalue weighted by atomic mass is 35.5. The number of nitrogens with zero attached hydrogens (tertiary/aromatic N) is 4. The maximum absolute atomic E-state index is 12.9. The number of fused-ring (bicyclic) bond motifs is 1. The third-order valence-electron chi connectivity index (χ3n) is 4.83. The largest absolute Gasteiger partial charge is 0.462 e. The average Bonchev–Trinajstić information content (AvgIpc) is 3.14. The highest BCUT2D eigenvalue weighted by Gasteiger charge is 2.34. The lowest BCUT2D eigenvalue weighted by Gasteiger charge is -2.27. The van der Waals surface area contributed by atoms with Crippen LogP contribution in [0.15, 0.2) is 35.5 Å². The molecule has 0 saturated carbocycles. The first-order valence-corrected chi connectivity index (χ1v) is 10.2. The van der Waals surface area contributed by atoms with Crippen molar-refractivity contribution >= 4 is 23.5 Å². The Labute approximate surface area is 170 Å². The predicted octanol–water partition coefficient (Wildman–Crippen LogP) is 4.52. The lowest BCUT2D eigenvalue weighted by molar-refractivity contribution is -0.139. The standard InChI is InChI=1S/C20H26ClN5O2/c1-3-4-5-6-7-8-12-28-19(27)17-14(2)22-20-23-24-25-26(20)18(17)15-10-9-11-16(21)13-15/h9-11,13,18H,3-8,12H2,1-2H3,(H,22,23,25). The number of anilines is 1. The molecular weight excluding hydrogens is 378 g/mol. The zero-order valence-electron chi connectivity index (χ0n) is 16.3. The molecule has 7 nitrogen and oxygen atoms in total. The van der Waals surface area contributed by atoms with Crippen molar-refractivity contribution in [2.75, 3.05) is 11.9 Å². The topological polar surface area (TPSA) is 81.9 Å². The molecule has 0 radical (unpaired) electrons. The minimum absolute atomic E-state index is 0.357. The highest BCUT2D eigenvalue weighted by Crippen LogP contribution is 2.35. The van der Waals surface area contributed by atoms with Gasteiger partial charge < -0.3 is 10.1 Å². The number of aromatic nitrogens is 4. The van der Waals surface area contributed by atoms with Gasteiger partial charge in [-0.25, -0.2) is 4.79 Å². The van der Waals surface area contributed by atoms with Crippen LogP contribution in [-0.4, -0.2) is 32.8 Å². The van der Waals surface area contributed by atoms with E-state index in [0.29, 0.717) is 28.8 Å². The number of allylic oxidation sites excluding steroid dienone is 1. The summed E-state index contributed by atoms with van der Waals surface area (Å²) in [6, 6.07) is 6.87. The van der Waals surface area contributed by atoms with Crippen LogP contribution in [0, 0.1) is 0 Å². The second kappa shape index (κ2) is 9.68. The predicted molar refractivity (Wildman–Crippen MR) is 108 cm³/mol. The van der Waals surface area contributed by atoms with Crippen molar-refractivity contribution in [1.29, 1.82) is 0 Å². The van der Waals surface area contributed by atoms with Crippen molar-refractivity contribution in [2.24, 2.45) is 0 Å². The molecule has 0 aliphatic carbocycles. The molecule has 0 saturated heterocycles. The van der Waals surface area contributed by atoms with Crippen LogP contribution >= 0.6 is 11.6 Å². The van der Waals surface area contributed by atoms with Crippen molar-refractivity contribution < 1.29 is 9.53 Å². The van der Waals surface area contributed by atoms with Crippen LogP contribution in [0.1, 0.15) is 64.0 Å². The summed E-state index contributed by atoms with van der Waals surface area (Å²) in [5.41, 5.74) is 2.00. The summed E-state index contributed by atoms with van der Waals surface area (Å²) in [5, 5.41) is 15.4. The van der Waals surface area contributed by atoms with E-state index in [1.54, 1.807) is 10.7 Å². The molecule has 0 fully saturated rings. The van der Waals surface area contributed by atoms with Crippen LogP contribution in [0.4, 0.5) is 5.95 Å². The van der Waals surface area contributed by atoms with Crippen LogP contribution in [0.5, 0.6) is 0 Å². The Kier molecular flexibility index (Phi) is 7.03. The molecule has 1 aromatic heterocycles. The summed E-state index contributed by atoms with van der Waals surface area (Å²) in [6.45, 7) is 4.44. The van der Waals surface area contributed by atoms with E-state index >= 15 is 0 Å². The molecule has 150 valence electrons. The number of unbranched alkanes of at least 4 members (excludes halogenated alkanes) is 5. The van der Waals surface area contributed by atoms with Crippen molar-refractivity contribution in [3.05, 3.63) is 46.1 Å². The molecule has 0 amide bonds. The summed E-state index contributed by atoms with van der Waals surface area (Å²) < 4.78 is 7.16. The number of nitrogens with one attached hydrogen (secondary N) is 1. The van der Waals surface area contributed by atoms with Gasteiger partial charge in [0.1, 0.15) is 6.04 Å². The fourth-order valence-electron chi connectivity index (χ4n) is 3.39. The van der Waals surface area contributed by atoms with E-state index in [9.17, 15) is 4.79 Å². The number of hydrogen-bond acceptors (Lipinski definition) is 6. The minimum atomic E-state index is -0.484. The monoisotopic (exact) mass is 403 g/mol. The smallest absolute Gasteiger partial charge is 0.338 e. The molecule has 1 aliphatic rings. The molecule has 0 spiro atoms. The van der Waals surface area contributed by atoms with Gasteiger partial charge in [-0.15, -0.1) is 0 Å².